The lowest BCUT2D eigenvalue weighted by molar-refractivity contribution is 0.0512. The molecule has 21 heteroatoms. The van der Waals surface area contributed by atoms with E-state index >= 15 is 0 Å². The Hall–Kier alpha value is -10.3. The summed E-state index contributed by atoms with van der Waals surface area (Å²) < 4.78 is 67.4. The largest absolute Gasteiger partial charge is 0.444 e. The number of carbonyl (C=O) groups is 5. The average molecular weight is 1570 g/mol. The number of nitrogens with two attached hydrogens (primary N) is 1. The molecule has 5 N–H and O–H groups in total. The molecule has 0 aliphatic carbocycles. The lowest BCUT2D eigenvalue weighted by Gasteiger charge is -2.32. The number of hydrogen-bond donors (Lipinski definition) is 4. The molecule has 0 radical (unpaired) electrons. The van der Waals surface area contributed by atoms with E-state index in [0.29, 0.717) is 80.7 Å². The Morgan fingerprint density at radius 2 is 0.792 bits per heavy atom. The highest BCUT2D eigenvalue weighted by molar-refractivity contribution is 14.0. The Balaban J connectivity index is 0.000000185. The number of piperidine rings is 3. The van der Waals surface area contributed by atoms with Crippen LogP contribution in [0.25, 0.3) is 0 Å². The topological polar surface area (TPSA) is 212 Å². The normalized spacial score (nSPS) is 13.7. The van der Waals surface area contributed by atoms with E-state index in [1.54, 1.807) is 83.8 Å². The van der Waals surface area contributed by atoms with E-state index in [9.17, 15) is 37.1 Å². The van der Waals surface area contributed by atoms with E-state index in [2.05, 4.69) is 93.9 Å². The van der Waals surface area contributed by atoms with Gasteiger partial charge in [0.15, 0.2) is 34.6 Å². The first kappa shape index (κ1) is 81.4. The molecule has 106 heavy (non-hydrogen) atoms. The highest BCUT2D eigenvalue weighted by atomic mass is 127. The van der Waals surface area contributed by atoms with Crippen molar-refractivity contribution in [1.29, 1.82) is 0 Å². The van der Waals surface area contributed by atoms with Crippen molar-refractivity contribution in [2.45, 2.75) is 129 Å². The number of likely N-dealkylation sites (tertiary alicyclic amines) is 2. The first-order chi connectivity index (χ1) is 50.4. The first-order valence-corrected chi connectivity index (χ1v) is 35.3. The van der Waals surface area contributed by atoms with Crippen molar-refractivity contribution in [2.24, 2.45) is 5.73 Å². The van der Waals surface area contributed by atoms with Crippen LogP contribution in [0.4, 0.5) is 22.8 Å². The Morgan fingerprint density at radius 1 is 0.462 bits per heavy atom. The molecule has 0 saturated carbocycles. The van der Waals surface area contributed by atoms with Gasteiger partial charge in [-0.15, -0.1) is 24.0 Å². The number of alkyl carbamates (subject to hydrolysis) is 2. The fourth-order valence-corrected chi connectivity index (χ4v) is 11.9. The summed E-state index contributed by atoms with van der Waals surface area (Å²) in [6.45, 7) is 17.3. The molecule has 0 atom stereocenters. The van der Waals surface area contributed by atoms with Crippen LogP contribution in [0.15, 0.2) is 195 Å². The van der Waals surface area contributed by atoms with E-state index in [0.717, 1.165) is 55.5 Å². The number of amides is 4. The number of nitrogens with one attached hydrogen (secondary N) is 3. The molecule has 3 aliphatic rings. The Labute approximate surface area is 639 Å². The summed E-state index contributed by atoms with van der Waals surface area (Å²) in [5.41, 5.74) is 12.7. The van der Waals surface area contributed by atoms with Crippen molar-refractivity contribution in [1.82, 2.24) is 25.8 Å². The molecule has 9 aromatic rings. The summed E-state index contributed by atoms with van der Waals surface area (Å²) in [4.78, 5) is 63.7. The quantitative estimate of drug-likeness (QED) is 0.0541. The minimum Gasteiger partial charge on any atom is -0.444 e. The van der Waals surface area contributed by atoms with Gasteiger partial charge in [-0.25, -0.2) is 22.8 Å². The van der Waals surface area contributed by atoms with Crippen molar-refractivity contribution in [3.63, 3.8) is 0 Å². The monoisotopic (exact) mass is 1570 g/mol. The predicted octanol–water partition coefficient (Wildman–Crippen LogP) is 17.2. The molecule has 16 nitrogen and oxygen atoms in total. The fourth-order valence-electron chi connectivity index (χ4n) is 11.8. The molecule has 3 aromatic heterocycles. The summed E-state index contributed by atoms with van der Waals surface area (Å²) in [5, 5.41) is 8.30. The molecular formula is C85H87ClF3IN6O10. The van der Waals surface area contributed by atoms with E-state index in [4.69, 9.17) is 40.1 Å². The summed E-state index contributed by atoms with van der Waals surface area (Å²) in [6, 6.07) is 53.2. The third kappa shape index (κ3) is 25.8. The third-order valence-corrected chi connectivity index (χ3v) is 17.3. The molecule has 12 rings (SSSR count). The number of ether oxygens (including phenoxy) is 2. The summed E-state index contributed by atoms with van der Waals surface area (Å²) >= 11 is 5.22. The van der Waals surface area contributed by atoms with Gasteiger partial charge in [-0.1, -0.05) is 127 Å². The maximum absolute atomic E-state index is 13.8. The highest BCUT2D eigenvalue weighted by Crippen LogP contribution is 2.32. The van der Waals surface area contributed by atoms with Gasteiger partial charge in [0.1, 0.15) is 28.7 Å². The minimum absolute atomic E-state index is 0. The number of rotatable bonds is 11. The van der Waals surface area contributed by atoms with Gasteiger partial charge in [-0.3, -0.25) is 14.4 Å². The van der Waals surface area contributed by atoms with Gasteiger partial charge in [0, 0.05) is 45.8 Å². The smallest absolute Gasteiger partial charge is 0.407 e. The molecule has 0 spiro atoms. The Kier molecular flexibility index (Phi) is 30.5. The second-order valence-corrected chi connectivity index (χ2v) is 27.6. The molecule has 6 heterocycles. The van der Waals surface area contributed by atoms with Crippen molar-refractivity contribution in [3.8, 4) is 35.5 Å². The van der Waals surface area contributed by atoms with Crippen LogP contribution in [0.1, 0.15) is 197 Å². The molecule has 3 fully saturated rings. The summed E-state index contributed by atoms with van der Waals surface area (Å²) in [5.74, 6) is 17.6. The van der Waals surface area contributed by atoms with Crippen LogP contribution in [0.5, 0.6) is 0 Å². The summed E-state index contributed by atoms with van der Waals surface area (Å²) in [7, 11) is 0. The van der Waals surface area contributed by atoms with Gasteiger partial charge in [-0.05, 0) is 246 Å². The van der Waals surface area contributed by atoms with Crippen molar-refractivity contribution in [3.05, 3.63) is 284 Å². The van der Waals surface area contributed by atoms with Crippen molar-refractivity contribution >= 4 is 64.8 Å². The Bertz CT molecular complexity index is 4650. The molecule has 0 bridgehead atoms. The number of furan rings is 3. The van der Waals surface area contributed by atoms with Crippen LogP contribution in [0, 0.1) is 53.0 Å². The maximum atomic E-state index is 13.8. The second kappa shape index (κ2) is 39.7. The van der Waals surface area contributed by atoms with Gasteiger partial charge in [0.25, 0.3) is 17.1 Å². The van der Waals surface area contributed by atoms with Gasteiger partial charge < -0.3 is 54.2 Å². The predicted molar refractivity (Wildman–Crippen MR) is 413 cm³/mol. The maximum Gasteiger partial charge on any atom is 0.407 e. The second-order valence-electron chi connectivity index (χ2n) is 27.3. The molecule has 3 saturated heterocycles. The van der Waals surface area contributed by atoms with Gasteiger partial charge in [0.2, 0.25) is 0 Å². The zero-order valence-electron chi connectivity index (χ0n) is 60.1. The van der Waals surface area contributed by atoms with Crippen LogP contribution in [-0.4, -0.2) is 89.5 Å². The van der Waals surface area contributed by atoms with Crippen LogP contribution < -0.4 is 21.7 Å². The highest BCUT2D eigenvalue weighted by Gasteiger charge is 2.29. The molecule has 4 amide bonds. The number of carbonyl (C=O) groups excluding carboxylic acids is 5. The zero-order valence-corrected chi connectivity index (χ0v) is 63.2. The lowest BCUT2D eigenvalue weighted by atomic mass is 9.88. The van der Waals surface area contributed by atoms with Crippen LogP contribution in [0.2, 0.25) is 0 Å². The van der Waals surface area contributed by atoms with Crippen LogP contribution >= 0.6 is 35.6 Å². The fraction of sp³-hybridized carbons (Fsp3) is 0.306. The molecule has 552 valence electrons. The standard InChI is InChI=1S/C30H31FN2O4.C25H23FN2O2.C17H26N2O2.C13H6ClFO2.HI/c1-30(2,3)37-29(35)32-20-21-7-6-9-24(19-21)22-15-17-33(18-16-22)28(34)27-14-13-25(36-27)12-11-23-8-4-5-10-26(23)31;26-23-7-2-1-5-20(23)8-9-22-10-11-24(30-22)25(29)28-14-12-19(13-15-28)21-6-3-4-18(16-21)17-27;1-17(2,3)21-16(20)19-12-13-5-4-6-15(11-13)14-7-9-18-10-8-14;14-13(16)12-8-7-10(17-12)6-5-9-3-1-2-4-11(9)15;/h4-10,13-14,19,22H,15-18,20H2,1-3H3,(H,32,35);1-7,10-11,16,19H,12-15,17,27H2;4-6,11,14,18H,7-10,12H2,1-3H3,(H,19,20);1-4,7-8H;1H. The first-order valence-electron chi connectivity index (χ1n) is 34.9. The minimum atomic E-state index is -0.691. The van der Waals surface area contributed by atoms with Gasteiger partial charge >= 0.3 is 12.2 Å². The van der Waals surface area contributed by atoms with Gasteiger partial charge in [0.05, 0.1) is 16.7 Å². The molecule has 6 aromatic carbocycles. The van der Waals surface area contributed by atoms with E-state index in [1.807, 2.05) is 76.8 Å². The SMILES string of the molecule is CC(C)(C)OC(=O)NCc1cccc(C2CCN(C(=O)c3ccc(C#Cc4ccccc4F)o3)CC2)c1.CC(C)(C)OC(=O)NCc1cccc(C2CCNCC2)c1.I.NCc1cccc(C2CCN(C(=O)c3ccc(C#Cc4ccccc4F)o3)CC2)c1.O=C(Cl)c1ccc(C#Cc2ccccc2F)o1. The lowest BCUT2D eigenvalue weighted by Crippen LogP contribution is -2.37. The van der Waals surface area contributed by atoms with E-state index in [1.165, 1.54) is 59.9 Å². The molecule has 3 aliphatic heterocycles. The van der Waals surface area contributed by atoms with E-state index in [-0.39, 0.29) is 81.9 Å². The molecular weight excluding hydrogens is 1480 g/mol. The molecule has 0 unspecified atom stereocenters. The average Bonchev–Trinajstić information content (AvgIpc) is 1.35. The summed E-state index contributed by atoms with van der Waals surface area (Å²) in [6.07, 6.45) is 5.02. The van der Waals surface area contributed by atoms with Crippen molar-refractivity contribution in [2.75, 3.05) is 39.3 Å². The van der Waals surface area contributed by atoms with Crippen LogP contribution in [0.3, 0.4) is 0 Å². The Morgan fingerprint density at radius 3 is 1.13 bits per heavy atom. The number of nitrogens with zero attached hydrogens (tertiary/aromatic N) is 2. The van der Waals surface area contributed by atoms with Gasteiger partial charge in [-0.2, -0.15) is 0 Å². The third-order valence-electron chi connectivity index (χ3n) is 17.1. The van der Waals surface area contributed by atoms with Crippen molar-refractivity contribution < 1.29 is 59.9 Å². The number of benzene rings is 6. The number of halogens is 5. The van der Waals surface area contributed by atoms with E-state index < -0.39 is 34.2 Å². The zero-order chi connectivity index (χ0) is 74.9. The van der Waals surface area contributed by atoms with Crippen LogP contribution in [-0.2, 0) is 29.1 Å². The number of hydrogen-bond acceptors (Lipinski definition) is 12.